The van der Waals surface area contributed by atoms with Gasteiger partial charge in [0.2, 0.25) is 0 Å². The average Bonchev–Trinajstić information content (AvgIpc) is 1.85. The van der Waals surface area contributed by atoms with Crippen LogP contribution in [0.1, 0.15) is 27.7 Å². The Labute approximate surface area is 73.7 Å². The predicted molar refractivity (Wildman–Crippen MR) is 46.7 cm³/mol. The van der Waals surface area contributed by atoms with Gasteiger partial charge in [-0.2, -0.15) is 0 Å². The molecule has 0 aliphatic rings. The van der Waals surface area contributed by atoms with Crippen molar-refractivity contribution in [2.24, 2.45) is 11.3 Å². The molecule has 0 spiro atoms. The van der Waals surface area contributed by atoms with Crippen molar-refractivity contribution in [3.63, 3.8) is 0 Å². The van der Waals surface area contributed by atoms with Gasteiger partial charge in [-0.1, -0.05) is 20.8 Å². The lowest BCUT2D eigenvalue weighted by molar-refractivity contribution is -0.153. The Kier molecular flexibility index (Phi) is 4.24. The van der Waals surface area contributed by atoms with Crippen LogP contribution < -0.4 is 0 Å². The second-order valence-electron chi connectivity index (χ2n) is 3.85. The minimum Gasteiger partial charge on any atom is -0.466 e. The van der Waals surface area contributed by atoms with E-state index in [2.05, 4.69) is 0 Å². The molecule has 0 aliphatic heterocycles. The second-order valence-corrected chi connectivity index (χ2v) is 3.85. The van der Waals surface area contributed by atoms with Gasteiger partial charge in [0.05, 0.1) is 19.1 Å². The van der Waals surface area contributed by atoms with Crippen molar-refractivity contribution in [2.75, 3.05) is 13.2 Å². The van der Waals surface area contributed by atoms with E-state index in [9.17, 15) is 4.79 Å². The van der Waals surface area contributed by atoms with E-state index in [0.29, 0.717) is 6.61 Å². The summed E-state index contributed by atoms with van der Waals surface area (Å²) in [6.45, 7) is 7.70. The van der Waals surface area contributed by atoms with E-state index in [0.717, 1.165) is 0 Å². The number of esters is 1. The first-order valence-corrected chi connectivity index (χ1v) is 4.21. The van der Waals surface area contributed by atoms with Crippen LogP contribution >= 0.6 is 0 Å². The van der Waals surface area contributed by atoms with Gasteiger partial charge < -0.3 is 9.84 Å². The zero-order chi connectivity index (χ0) is 9.78. The zero-order valence-corrected chi connectivity index (χ0v) is 8.26. The van der Waals surface area contributed by atoms with Crippen molar-refractivity contribution in [2.45, 2.75) is 27.7 Å². The van der Waals surface area contributed by atoms with Gasteiger partial charge in [-0.3, -0.25) is 4.79 Å². The van der Waals surface area contributed by atoms with E-state index >= 15 is 0 Å². The molecule has 72 valence electrons. The normalized spacial score (nSPS) is 14.1. The largest absolute Gasteiger partial charge is 0.466 e. The lowest BCUT2D eigenvalue weighted by atomic mass is 9.81. The summed E-state index contributed by atoms with van der Waals surface area (Å²) in [6, 6.07) is 0. The fraction of sp³-hybridized carbons (Fsp3) is 0.889. The first kappa shape index (κ1) is 11.4. The standard InChI is InChI=1S/C9H18O3/c1-5-12-8(11)7(6-10)9(2,3)4/h7,10H,5-6H2,1-4H3. The molecule has 12 heavy (non-hydrogen) atoms. The molecule has 0 aromatic rings. The Morgan fingerprint density at radius 1 is 1.50 bits per heavy atom. The van der Waals surface area contributed by atoms with Crippen LogP contribution in [0.3, 0.4) is 0 Å². The summed E-state index contributed by atoms with van der Waals surface area (Å²) in [5, 5.41) is 8.96. The van der Waals surface area contributed by atoms with Gasteiger partial charge in [0, 0.05) is 0 Å². The summed E-state index contributed by atoms with van der Waals surface area (Å²) >= 11 is 0. The minimum atomic E-state index is -0.419. The lowest BCUT2D eigenvalue weighted by Crippen LogP contribution is -2.33. The van der Waals surface area contributed by atoms with E-state index in [-0.39, 0.29) is 18.0 Å². The molecule has 0 radical (unpaired) electrons. The third-order valence-corrected chi connectivity index (χ3v) is 1.80. The molecule has 0 fully saturated rings. The summed E-state index contributed by atoms with van der Waals surface area (Å²) < 4.78 is 4.82. The summed E-state index contributed by atoms with van der Waals surface area (Å²) in [5.41, 5.74) is -0.235. The van der Waals surface area contributed by atoms with Crippen LogP contribution in [0.4, 0.5) is 0 Å². The third kappa shape index (κ3) is 3.22. The highest BCUT2D eigenvalue weighted by Gasteiger charge is 2.31. The summed E-state index contributed by atoms with van der Waals surface area (Å²) in [6.07, 6.45) is 0. The van der Waals surface area contributed by atoms with Gasteiger partial charge in [0.1, 0.15) is 0 Å². The molecule has 0 amide bonds. The Morgan fingerprint density at radius 3 is 2.25 bits per heavy atom. The summed E-state index contributed by atoms with van der Waals surface area (Å²) in [4.78, 5) is 11.2. The van der Waals surface area contributed by atoms with Crippen LogP contribution in [-0.2, 0) is 9.53 Å². The van der Waals surface area contributed by atoms with Crippen LogP contribution in [-0.4, -0.2) is 24.3 Å². The van der Waals surface area contributed by atoms with E-state index in [1.54, 1.807) is 6.92 Å². The molecule has 0 rings (SSSR count). The van der Waals surface area contributed by atoms with Gasteiger partial charge in [0.25, 0.3) is 0 Å². The van der Waals surface area contributed by atoms with Crippen LogP contribution in [0, 0.1) is 11.3 Å². The molecule has 3 nitrogen and oxygen atoms in total. The summed E-state index contributed by atoms with van der Waals surface area (Å²) in [5.74, 6) is -0.732. The highest BCUT2D eigenvalue weighted by atomic mass is 16.5. The molecule has 3 heteroatoms. The van der Waals surface area contributed by atoms with Crippen molar-refractivity contribution in [3.8, 4) is 0 Å². The molecule has 0 saturated heterocycles. The third-order valence-electron chi connectivity index (χ3n) is 1.80. The molecule has 1 unspecified atom stereocenters. The zero-order valence-electron chi connectivity index (χ0n) is 8.26. The van der Waals surface area contributed by atoms with Crippen LogP contribution in [0.5, 0.6) is 0 Å². The van der Waals surface area contributed by atoms with Crippen molar-refractivity contribution in [1.29, 1.82) is 0 Å². The predicted octanol–water partition coefficient (Wildman–Crippen LogP) is 1.20. The van der Waals surface area contributed by atoms with E-state index in [1.165, 1.54) is 0 Å². The molecule has 0 saturated carbocycles. The number of hydrogen-bond acceptors (Lipinski definition) is 3. The van der Waals surface area contributed by atoms with Gasteiger partial charge in [0.15, 0.2) is 0 Å². The smallest absolute Gasteiger partial charge is 0.311 e. The number of ether oxygens (including phenoxy) is 1. The van der Waals surface area contributed by atoms with Gasteiger partial charge in [-0.15, -0.1) is 0 Å². The molecule has 0 bridgehead atoms. The highest BCUT2D eigenvalue weighted by molar-refractivity contribution is 5.73. The molecule has 1 atom stereocenters. The maximum Gasteiger partial charge on any atom is 0.311 e. The molecule has 0 heterocycles. The van der Waals surface area contributed by atoms with Gasteiger partial charge in [-0.25, -0.2) is 0 Å². The van der Waals surface area contributed by atoms with E-state index < -0.39 is 5.92 Å². The van der Waals surface area contributed by atoms with Crippen molar-refractivity contribution >= 4 is 5.97 Å². The maximum atomic E-state index is 11.2. The highest BCUT2D eigenvalue weighted by Crippen LogP contribution is 2.26. The van der Waals surface area contributed by atoms with Crippen LogP contribution in [0.15, 0.2) is 0 Å². The molecular weight excluding hydrogens is 156 g/mol. The Balaban J connectivity index is 4.25. The number of carbonyl (C=O) groups excluding carboxylic acids is 1. The molecule has 0 aliphatic carbocycles. The molecule has 0 aromatic carbocycles. The lowest BCUT2D eigenvalue weighted by Gasteiger charge is -2.26. The molecule has 1 N–H and O–H groups in total. The molecule has 0 aromatic heterocycles. The van der Waals surface area contributed by atoms with Gasteiger partial charge in [-0.05, 0) is 12.3 Å². The summed E-state index contributed by atoms with van der Waals surface area (Å²) in [7, 11) is 0. The Bertz CT molecular complexity index is 146. The monoisotopic (exact) mass is 174 g/mol. The average molecular weight is 174 g/mol. The number of hydrogen-bond donors (Lipinski definition) is 1. The maximum absolute atomic E-state index is 11.2. The minimum absolute atomic E-state index is 0.150. The van der Waals surface area contributed by atoms with E-state index in [1.807, 2.05) is 20.8 Å². The van der Waals surface area contributed by atoms with Crippen molar-refractivity contribution < 1.29 is 14.6 Å². The van der Waals surface area contributed by atoms with E-state index in [4.69, 9.17) is 9.84 Å². The second kappa shape index (κ2) is 4.45. The fourth-order valence-corrected chi connectivity index (χ4v) is 0.945. The Hall–Kier alpha value is -0.570. The SMILES string of the molecule is CCOC(=O)C(CO)C(C)(C)C. The topological polar surface area (TPSA) is 46.5 Å². The number of aliphatic hydroxyl groups is 1. The molecular formula is C9H18O3. The number of carbonyl (C=O) groups is 1. The first-order chi connectivity index (χ1) is 5.43. The number of rotatable bonds is 3. The van der Waals surface area contributed by atoms with Gasteiger partial charge >= 0.3 is 5.97 Å². The number of aliphatic hydroxyl groups excluding tert-OH is 1. The van der Waals surface area contributed by atoms with Crippen LogP contribution in [0.2, 0.25) is 0 Å². The Morgan fingerprint density at radius 2 is 2.00 bits per heavy atom. The first-order valence-electron chi connectivity index (χ1n) is 4.21. The fourth-order valence-electron chi connectivity index (χ4n) is 0.945. The van der Waals surface area contributed by atoms with Crippen LogP contribution in [0.25, 0.3) is 0 Å². The quantitative estimate of drug-likeness (QED) is 0.654. The van der Waals surface area contributed by atoms with Crippen molar-refractivity contribution in [1.82, 2.24) is 0 Å². The van der Waals surface area contributed by atoms with Crippen molar-refractivity contribution in [3.05, 3.63) is 0 Å².